The number of carbonyl (C=O) groups is 1. The van der Waals surface area contributed by atoms with E-state index in [9.17, 15) is 23.1 Å². The van der Waals surface area contributed by atoms with Crippen LogP contribution in [0.4, 0.5) is 30.8 Å². The first-order chi connectivity index (χ1) is 29.1. The molecule has 14 nitrogen and oxygen atoms in total. The van der Waals surface area contributed by atoms with Crippen molar-refractivity contribution in [3.8, 4) is 29.0 Å². The van der Waals surface area contributed by atoms with E-state index in [0.29, 0.717) is 45.8 Å². The van der Waals surface area contributed by atoms with Gasteiger partial charge in [0.2, 0.25) is 11.9 Å². The summed E-state index contributed by atoms with van der Waals surface area (Å²) in [5.41, 5.74) is 1.20. The van der Waals surface area contributed by atoms with Crippen LogP contribution in [0.25, 0.3) is 0 Å². The summed E-state index contributed by atoms with van der Waals surface area (Å²) >= 11 is 6.08. The molecule has 6 rings (SSSR count). The number of amides is 1. The molecular formula is C43H47ClF3N7O7. The van der Waals surface area contributed by atoms with Gasteiger partial charge < -0.3 is 49.6 Å². The summed E-state index contributed by atoms with van der Waals surface area (Å²) in [4.78, 5) is 28.4. The Labute approximate surface area is 356 Å². The lowest BCUT2D eigenvalue weighted by Crippen LogP contribution is -2.49. The molecule has 1 aliphatic carbocycles. The standard InChI is InChI=1S/C43H47ClF3N7O7/c1-41(56,24-48-22-28-8-16-33(57-2)20-35(28)59-4)25-54(23-29-9-17-34(58-3)21-36(29)60-5)37(55)27-6-14-32(15-7-27)49-38-50-39(52-40(51-38)61-26-43(45,46)47)53-42(18-19-42)30-10-12-31(44)13-11-30/h6-17,20-21,48,56H,18-19,22-26H2,1-5H3,(H2,49,50,51,52,53). The molecule has 0 aliphatic heterocycles. The van der Waals surface area contributed by atoms with Gasteiger partial charge in [-0.2, -0.15) is 28.1 Å². The lowest BCUT2D eigenvalue weighted by molar-refractivity contribution is -0.154. The van der Waals surface area contributed by atoms with Gasteiger partial charge in [-0.3, -0.25) is 4.79 Å². The zero-order valence-electron chi connectivity index (χ0n) is 34.2. The largest absolute Gasteiger partial charge is 0.497 e. The summed E-state index contributed by atoms with van der Waals surface area (Å²) in [7, 11) is 6.19. The molecule has 18 heteroatoms. The monoisotopic (exact) mass is 865 g/mol. The van der Waals surface area contributed by atoms with E-state index >= 15 is 0 Å². The first-order valence-corrected chi connectivity index (χ1v) is 19.5. The number of nitrogens with one attached hydrogen (secondary N) is 3. The molecule has 1 unspecified atom stereocenters. The van der Waals surface area contributed by atoms with Crippen LogP contribution in [-0.4, -0.2) is 90.8 Å². The van der Waals surface area contributed by atoms with Gasteiger partial charge in [0.15, 0.2) is 6.61 Å². The van der Waals surface area contributed by atoms with Crippen LogP contribution < -0.4 is 39.6 Å². The Bertz CT molecular complexity index is 2280. The lowest BCUT2D eigenvalue weighted by Gasteiger charge is -2.32. The number of benzene rings is 4. The van der Waals surface area contributed by atoms with Crippen LogP contribution in [0, 0.1) is 0 Å². The summed E-state index contributed by atoms with van der Waals surface area (Å²) in [5.74, 6) is 1.84. The van der Waals surface area contributed by atoms with Crippen molar-refractivity contribution < 1.29 is 46.8 Å². The predicted molar refractivity (Wildman–Crippen MR) is 223 cm³/mol. The SMILES string of the molecule is COc1ccc(CNCC(C)(O)CN(Cc2ccc(OC)cc2OC)C(=O)c2ccc(Nc3nc(NC4(c5ccc(Cl)cc5)CC4)nc(OCC(F)(F)F)n3)cc2)c(OC)c1. The Morgan fingerprint density at radius 2 is 1.43 bits per heavy atom. The summed E-state index contributed by atoms with van der Waals surface area (Å²) < 4.78 is 66.1. The van der Waals surface area contributed by atoms with Crippen molar-refractivity contribution >= 4 is 35.1 Å². The molecular weight excluding hydrogens is 819 g/mol. The van der Waals surface area contributed by atoms with E-state index in [1.54, 1.807) is 81.8 Å². The maximum Gasteiger partial charge on any atom is 0.422 e. The molecule has 1 amide bonds. The fourth-order valence-electron chi connectivity index (χ4n) is 6.60. The van der Waals surface area contributed by atoms with Gasteiger partial charge in [0, 0.05) is 59.2 Å². The zero-order chi connectivity index (χ0) is 43.8. The average molecular weight is 866 g/mol. The molecule has 324 valence electrons. The number of rotatable bonds is 20. The molecule has 0 bridgehead atoms. The molecule has 0 saturated heterocycles. The summed E-state index contributed by atoms with van der Waals surface area (Å²) in [5, 5.41) is 21.7. The highest BCUT2D eigenvalue weighted by atomic mass is 35.5. The third-order valence-electron chi connectivity index (χ3n) is 9.86. The van der Waals surface area contributed by atoms with Gasteiger partial charge >= 0.3 is 12.2 Å². The summed E-state index contributed by atoms with van der Waals surface area (Å²) in [6.07, 6.45) is -3.17. The molecule has 1 aliphatic rings. The number of aromatic nitrogens is 3. The highest BCUT2D eigenvalue weighted by molar-refractivity contribution is 6.30. The fraction of sp³-hybridized carbons (Fsp3) is 0.349. The van der Waals surface area contributed by atoms with Crippen LogP contribution in [0.15, 0.2) is 84.9 Å². The molecule has 1 heterocycles. The Hall–Kier alpha value is -6.04. The van der Waals surface area contributed by atoms with Gasteiger partial charge in [0.05, 0.1) is 46.1 Å². The summed E-state index contributed by atoms with van der Waals surface area (Å²) in [6.45, 7) is 0.520. The number of aliphatic hydroxyl groups is 1. The number of carbonyl (C=O) groups excluding carboxylic acids is 1. The Morgan fingerprint density at radius 3 is 2.02 bits per heavy atom. The molecule has 5 aromatic rings. The van der Waals surface area contributed by atoms with Gasteiger partial charge in [0.1, 0.15) is 23.0 Å². The minimum atomic E-state index is -4.63. The van der Waals surface area contributed by atoms with Crippen molar-refractivity contribution in [2.75, 3.05) is 58.8 Å². The molecule has 1 saturated carbocycles. The second-order valence-corrected chi connectivity index (χ2v) is 15.1. The Kier molecular flexibility index (Phi) is 14.0. The molecule has 0 spiro atoms. The minimum absolute atomic E-state index is 0.00297. The number of nitrogens with zero attached hydrogens (tertiary/aromatic N) is 4. The van der Waals surface area contributed by atoms with E-state index in [0.717, 1.165) is 24.0 Å². The van der Waals surface area contributed by atoms with Crippen LogP contribution in [-0.2, 0) is 18.6 Å². The van der Waals surface area contributed by atoms with E-state index in [1.165, 1.54) is 19.1 Å². The van der Waals surface area contributed by atoms with Crippen molar-refractivity contribution in [1.82, 2.24) is 25.2 Å². The van der Waals surface area contributed by atoms with Crippen LogP contribution in [0.5, 0.6) is 29.0 Å². The van der Waals surface area contributed by atoms with Crippen molar-refractivity contribution in [3.05, 3.63) is 112 Å². The maximum absolute atomic E-state index is 14.3. The molecule has 0 radical (unpaired) electrons. The van der Waals surface area contributed by atoms with Crippen molar-refractivity contribution in [3.63, 3.8) is 0 Å². The number of halogens is 4. The number of alkyl halides is 3. The quantitative estimate of drug-likeness (QED) is 0.0609. The molecule has 1 fully saturated rings. The van der Waals surface area contributed by atoms with Gasteiger partial charge in [0.25, 0.3) is 5.91 Å². The van der Waals surface area contributed by atoms with E-state index < -0.39 is 35.8 Å². The van der Waals surface area contributed by atoms with Crippen LogP contribution in [0.3, 0.4) is 0 Å². The number of ether oxygens (including phenoxy) is 5. The molecule has 4 N–H and O–H groups in total. The molecule has 4 aromatic carbocycles. The van der Waals surface area contributed by atoms with Crippen LogP contribution in [0.1, 0.15) is 46.8 Å². The Morgan fingerprint density at radius 1 is 0.820 bits per heavy atom. The first-order valence-electron chi connectivity index (χ1n) is 19.1. The molecule has 61 heavy (non-hydrogen) atoms. The van der Waals surface area contributed by atoms with Gasteiger partial charge in [-0.15, -0.1) is 0 Å². The van der Waals surface area contributed by atoms with E-state index in [2.05, 4.69) is 30.9 Å². The second kappa shape index (κ2) is 19.1. The van der Waals surface area contributed by atoms with Gasteiger partial charge in [-0.1, -0.05) is 29.8 Å². The zero-order valence-corrected chi connectivity index (χ0v) is 35.0. The number of methoxy groups -OCH3 is 4. The first kappa shape index (κ1) is 44.5. The third kappa shape index (κ3) is 12.0. The van der Waals surface area contributed by atoms with Crippen molar-refractivity contribution in [2.45, 2.75) is 50.2 Å². The van der Waals surface area contributed by atoms with Gasteiger partial charge in [-0.05, 0) is 79.9 Å². The van der Waals surface area contributed by atoms with E-state index in [4.69, 9.17) is 35.3 Å². The number of anilines is 3. The second-order valence-electron chi connectivity index (χ2n) is 14.7. The molecule has 1 atom stereocenters. The number of hydrogen-bond acceptors (Lipinski definition) is 13. The smallest absolute Gasteiger partial charge is 0.422 e. The lowest BCUT2D eigenvalue weighted by atomic mass is 10.0. The summed E-state index contributed by atoms with van der Waals surface area (Å²) in [6, 6.07) is 23.8. The highest BCUT2D eigenvalue weighted by Crippen LogP contribution is 2.48. The minimum Gasteiger partial charge on any atom is -0.497 e. The van der Waals surface area contributed by atoms with Crippen LogP contribution in [0.2, 0.25) is 5.02 Å². The number of hydrogen-bond donors (Lipinski definition) is 4. The van der Waals surface area contributed by atoms with E-state index in [-0.39, 0.29) is 37.1 Å². The van der Waals surface area contributed by atoms with E-state index in [1.807, 2.05) is 24.3 Å². The molecule has 1 aromatic heterocycles. The van der Waals surface area contributed by atoms with Gasteiger partial charge in [-0.25, -0.2) is 0 Å². The topological polar surface area (TPSA) is 161 Å². The van der Waals surface area contributed by atoms with Crippen LogP contribution >= 0.6 is 11.6 Å². The normalized spacial score (nSPS) is 14.0. The third-order valence-corrected chi connectivity index (χ3v) is 10.1. The highest BCUT2D eigenvalue weighted by Gasteiger charge is 2.45. The predicted octanol–water partition coefficient (Wildman–Crippen LogP) is 7.53. The van der Waals surface area contributed by atoms with Crippen molar-refractivity contribution in [2.24, 2.45) is 0 Å². The maximum atomic E-state index is 14.3. The van der Waals surface area contributed by atoms with Crippen molar-refractivity contribution in [1.29, 1.82) is 0 Å². The average Bonchev–Trinajstić information content (AvgIpc) is 4.02. The fourth-order valence-corrected chi connectivity index (χ4v) is 6.73. The Balaban J connectivity index is 1.21.